The highest BCUT2D eigenvalue weighted by Crippen LogP contribution is 2.25. The van der Waals surface area contributed by atoms with E-state index in [4.69, 9.17) is 5.26 Å². The van der Waals surface area contributed by atoms with Crippen LogP contribution >= 0.6 is 0 Å². The Bertz CT molecular complexity index is 1070. The van der Waals surface area contributed by atoms with Crippen LogP contribution in [0.5, 0.6) is 0 Å². The third kappa shape index (κ3) is 3.45. The van der Waals surface area contributed by atoms with Crippen molar-refractivity contribution < 1.29 is 4.39 Å². The first-order valence-electron chi connectivity index (χ1n) is 8.16. The molecule has 1 unspecified atom stereocenters. The molecular formula is C20H15FN4O. The molecule has 0 spiro atoms. The van der Waals surface area contributed by atoms with Crippen LogP contribution in [0.4, 0.5) is 4.39 Å². The monoisotopic (exact) mass is 346 g/mol. The summed E-state index contributed by atoms with van der Waals surface area (Å²) in [6.07, 6.45) is 0.616. The zero-order valence-electron chi connectivity index (χ0n) is 13.9. The Balaban J connectivity index is 2.14. The third-order valence-electron chi connectivity index (χ3n) is 4.17. The lowest BCUT2D eigenvalue weighted by atomic mass is 10.0. The van der Waals surface area contributed by atoms with Crippen molar-refractivity contribution in [3.8, 4) is 23.4 Å². The van der Waals surface area contributed by atoms with Gasteiger partial charge in [0.1, 0.15) is 5.82 Å². The molecule has 0 amide bonds. The fourth-order valence-electron chi connectivity index (χ4n) is 2.82. The van der Waals surface area contributed by atoms with Gasteiger partial charge in [-0.3, -0.25) is 4.79 Å². The van der Waals surface area contributed by atoms with Crippen molar-refractivity contribution in [2.75, 3.05) is 0 Å². The number of nitrogens with zero attached hydrogens (tertiary/aromatic N) is 4. The van der Waals surface area contributed by atoms with Crippen molar-refractivity contribution in [2.45, 2.75) is 19.4 Å². The second kappa shape index (κ2) is 7.58. The van der Waals surface area contributed by atoms with Crippen molar-refractivity contribution in [3.05, 3.63) is 64.7 Å². The topological polar surface area (TPSA) is 82.5 Å². The van der Waals surface area contributed by atoms with E-state index < -0.39 is 5.92 Å². The van der Waals surface area contributed by atoms with E-state index in [2.05, 4.69) is 11.2 Å². The molecule has 3 rings (SSSR count). The first kappa shape index (κ1) is 17.3. The molecule has 1 atom stereocenters. The summed E-state index contributed by atoms with van der Waals surface area (Å²) >= 11 is 0. The Hall–Kier alpha value is -3.51. The summed E-state index contributed by atoms with van der Waals surface area (Å²) in [6.45, 7) is 0.107. The van der Waals surface area contributed by atoms with Crippen molar-refractivity contribution in [2.24, 2.45) is 5.92 Å². The van der Waals surface area contributed by atoms with Crippen LogP contribution in [-0.2, 0) is 6.54 Å². The summed E-state index contributed by atoms with van der Waals surface area (Å²) in [5, 5.41) is 23.6. The van der Waals surface area contributed by atoms with E-state index >= 15 is 0 Å². The lowest BCUT2D eigenvalue weighted by Gasteiger charge is -2.13. The highest BCUT2D eigenvalue weighted by atomic mass is 19.1. The average Bonchev–Trinajstić information content (AvgIpc) is 2.67. The van der Waals surface area contributed by atoms with Gasteiger partial charge in [0.05, 0.1) is 35.7 Å². The van der Waals surface area contributed by atoms with Gasteiger partial charge in [-0.15, -0.1) is 0 Å². The molecule has 0 bridgehead atoms. The third-order valence-corrected chi connectivity index (χ3v) is 4.17. The lowest BCUT2D eigenvalue weighted by molar-refractivity contribution is 0.463. The van der Waals surface area contributed by atoms with Gasteiger partial charge in [0.2, 0.25) is 0 Å². The van der Waals surface area contributed by atoms with Crippen LogP contribution in [0.25, 0.3) is 22.0 Å². The molecule has 3 aromatic rings. The van der Waals surface area contributed by atoms with Crippen LogP contribution in [0.1, 0.15) is 12.8 Å². The van der Waals surface area contributed by atoms with E-state index in [9.17, 15) is 14.4 Å². The molecule has 0 aliphatic rings. The zero-order valence-corrected chi connectivity index (χ0v) is 13.9. The number of fused-ring (bicyclic) bond motifs is 1. The molecular weight excluding hydrogens is 331 g/mol. The molecule has 0 saturated heterocycles. The van der Waals surface area contributed by atoms with E-state index in [1.807, 2.05) is 12.1 Å². The standard InChI is InChI=1S/C20H15FN4O/c21-16-9-7-15(8-10-16)19-17-5-1-2-6-18(17)20(26)25(24-19)13-14(12-23)4-3-11-22/h1-2,5-10,14H,3-4,13H2. The van der Waals surface area contributed by atoms with E-state index in [0.29, 0.717) is 28.5 Å². The number of hydrogen-bond donors (Lipinski definition) is 0. The van der Waals surface area contributed by atoms with E-state index in [1.54, 1.807) is 30.3 Å². The number of aromatic nitrogens is 2. The molecule has 26 heavy (non-hydrogen) atoms. The quantitative estimate of drug-likeness (QED) is 0.706. The smallest absolute Gasteiger partial charge is 0.267 e. The van der Waals surface area contributed by atoms with Gasteiger partial charge < -0.3 is 0 Å². The first-order valence-corrected chi connectivity index (χ1v) is 8.16. The van der Waals surface area contributed by atoms with Gasteiger partial charge in [-0.2, -0.15) is 15.6 Å². The molecule has 1 aromatic heterocycles. The molecule has 0 aliphatic heterocycles. The fraction of sp³-hybridized carbons (Fsp3) is 0.200. The summed E-state index contributed by atoms with van der Waals surface area (Å²) < 4.78 is 14.5. The van der Waals surface area contributed by atoms with E-state index in [1.165, 1.54) is 16.8 Å². The van der Waals surface area contributed by atoms with Crippen LogP contribution in [-0.4, -0.2) is 9.78 Å². The Morgan fingerprint density at radius 1 is 1.08 bits per heavy atom. The summed E-state index contributed by atoms with van der Waals surface area (Å²) in [5.74, 6) is -0.838. The van der Waals surface area contributed by atoms with Gasteiger partial charge in [0.25, 0.3) is 5.56 Å². The minimum Gasteiger partial charge on any atom is -0.267 e. The van der Waals surface area contributed by atoms with Crippen molar-refractivity contribution in [1.29, 1.82) is 10.5 Å². The number of benzene rings is 2. The van der Waals surface area contributed by atoms with Crippen LogP contribution in [0.3, 0.4) is 0 Å². The molecule has 0 aliphatic carbocycles. The molecule has 6 heteroatoms. The average molecular weight is 346 g/mol. The second-order valence-corrected chi connectivity index (χ2v) is 5.91. The molecule has 0 saturated carbocycles. The summed E-state index contributed by atoms with van der Waals surface area (Å²) in [4.78, 5) is 12.8. The van der Waals surface area contributed by atoms with E-state index in [0.717, 1.165) is 0 Å². The number of halogens is 1. The van der Waals surface area contributed by atoms with Crippen LogP contribution in [0.15, 0.2) is 53.3 Å². The predicted molar refractivity (Wildman–Crippen MR) is 95.3 cm³/mol. The largest absolute Gasteiger partial charge is 0.274 e. The predicted octanol–water partition coefficient (Wildman–Crippen LogP) is 3.65. The maximum Gasteiger partial charge on any atom is 0.274 e. The Morgan fingerprint density at radius 3 is 2.42 bits per heavy atom. The minimum absolute atomic E-state index is 0.107. The van der Waals surface area contributed by atoms with Crippen molar-refractivity contribution in [3.63, 3.8) is 0 Å². The van der Waals surface area contributed by atoms with Crippen molar-refractivity contribution >= 4 is 10.8 Å². The SMILES string of the molecule is N#CCCC(C#N)Cn1nc(-c2ccc(F)cc2)c2ccccc2c1=O. The lowest BCUT2D eigenvalue weighted by Crippen LogP contribution is -2.27. The Kier molecular flexibility index (Phi) is 5.05. The molecule has 0 radical (unpaired) electrons. The van der Waals surface area contributed by atoms with Crippen LogP contribution in [0.2, 0.25) is 0 Å². The Labute approximate surface area is 149 Å². The van der Waals surface area contributed by atoms with Crippen LogP contribution < -0.4 is 5.56 Å². The maximum atomic E-state index is 13.3. The fourth-order valence-corrected chi connectivity index (χ4v) is 2.82. The second-order valence-electron chi connectivity index (χ2n) is 5.91. The zero-order chi connectivity index (χ0) is 18.5. The normalized spacial score (nSPS) is 11.7. The van der Waals surface area contributed by atoms with Gasteiger partial charge >= 0.3 is 0 Å². The van der Waals surface area contributed by atoms with Gasteiger partial charge in [-0.05, 0) is 36.8 Å². The molecule has 1 heterocycles. The summed E-state index contributed by atoms with van der Waals surface area (Å²) in [7, 11) is 0. The van der Waals surface area contributed by atoms with Gasteiger partial charge in [0, 0.05) is 17.4 Å². The van der Waals surface area contributed by atoms with E-state index in [-0.39, 0.29) is 24.3 Å². The molecule has 128 valence electrons. The van der Waals surface area contributed by atoms with Gasteiger partial charge in [0.15, 0.2) is 0 Å². The van der Waals surface area contributed by atoms with Crippen LogP contribution in [0, 0.1) is 34.4 Å². The summed E-state index contributed by atoms with van der Waals surface area (Å²) in [5.41, 5.74) is 0.947. The number of rotatable bonds is 5. The highest BCUT2D eigenvalue weighted by molar-refractivity contribution is 5.93. The molecule has 0 N–H and O–H groups in total. The van der Waals surface area contributed by atoms with Gasteiger partial charge in [-0.25, -0.2) is 9.07 Å². The summed E-state index contributed by atoms with van der Waals surface area (Å²) in [6, 6.07) is 17.1. The minimum atomic E-state index is -0.484. The highest BCUT2D eigenvalue weighted by Gasteiger charge is 2.15. The van der Waals surface area contributed by atoms with Gasteiger partial charge in [-0.1, -0.05) is 18.2 Å². The van der Waals surface area contributed by atoms with Crippen molar-refractivity contribution in [1.82, 2.24) is 9.78 Å². The maximum absolute atomic E-state index is 13.3. The number of nitriles is 2. The number of hydrogen-bond acceptors (Lipinski definition) is 4. The Morgan fingerprint density at radius 2 is 1.77 bits per heavy atom. The molecule has 2 aromatic carbocycles. The first-order chi connectivity index (χ1) is 12.6. The molecule has 0 fully saturated rings. The molecule has 5 nitrogen and oxygen atoms in total.